The van der Waals surface area contributed by atoms with Gasteiger partial charge >= 0.3 is 12.0 Å². The SMILES string of the molecule is O=C(NC[C@H](NC(=O)c1c(Cl)ccc(NCCc2ccccc2)c1Cl)C(=O)O)N[C@@H]1CCc2ccccc21. The van der Waals surface area contributed by atoms with Crippen molar-refractivity contribution in [2.75, 3.05) is 18.4 Å². The van der Waals surface area contributed by atoms with Gasteiger partial charge in [0.1, 0.15) is 6.04 Å². The number of amides is 3. The van der Waals surface area contributed by atoms with Crippen LogP contribution in [-0.4, -0.2) is 42.1 Å². The van der Waals surface area contributed by atoms with Crippen molar-refractivity contribution in [3.05, 3.63) is 99.0 Å². The van der Waals surface area contributed by atoms with Gasteiger partial charge in [-0.15, -0.1) is 0 Å². The van der Waals surface area contributed by atoms with Crippen molar-refractivity contribution in [1.82, 2.24) is 16.0 Å². The van der Waals surface area contributed by atoms with Crippen LogP contribution >= 0.6 is 23.2 Å². The average Bonchev–Trinajstić information content (AvgIpc) is 3.31. The number of urea groups is 1. The Balaban J connectivity index is 1.35. The predicted octanol–water partition coefficient (Wildman–Crippen LogP) is 4.82. The number of carbonyl (C=O) groups is 3. The lowest BCUT2D eigenvalue weighted by molar-refractivity contribution is -0.139. The lowest BCUT2D eigenvalue weighted by Gasteiger charge is -2.19. The molecule has 0 radical (unpaired) electrons. The first kappa shape index (κ1) is 27.3. The second kappa shape index (κ2) is 12.7. The van der Waals surface area contributed by atoms with E-state index in [2.05, 4.69) is 21.3 Å². The number of anilines is 1. The number of rotatable bonds is 10. The molecule has 0 aliphatic heterocycles. The minimum atomic E-state index is -1.40. The summed E-state index contributed by atoms with van der Waals surface area (Å²) in [5, 5.41) is 20.8. The van der Waals surface area contributed by atoms with Gasteiger partial charge in [-0.2, -0.15) is 0 Å². The molecular formula is C28H28Cl2N4O4. The molecule has 5 N–H and O–H groups in total. The van der Waals surface area contributed by atoms with Crippen LogP contribution in [0.2, 0.25) is 10.0 Å². The Morgan fingerprint density at radius 1 is 0.974 bits per heavy atom. The van der Waals surface area contributed by atoms with Gasteiger partial charge in [0, 0.05) is 6.54 Å². The fourth-order valence-electron chi connectivity index (χ4n) is 4.42. The van der Waals surface area contributed by atoms with Gasteiger partial charge in [-0.05, 0) is 48.1 Å². The summed E-state index contributed by atoms with van der Waals surface area (Å²) in [6, 6.07) is 18.8. The normalized spacial score (nSPS) is 14.7. The van der Waals surface area contributed by atoms with Crippen LogP contribution in [0.4, 0.5) is 10.5 Å². The molecule has 0 fully saturated rings. The van der Waals surface area contributed by atoms with Gasteiger partial charge in [0.25, 0.3) is 5.91 Å². The number of aryl methyl sites for hydroxylation is 1. The highest BCUT2D eigenvalue weighted by molar-refractivity contribution is 6.41. The van der Waals surface area contributed by atoms with Gasteiger partial charge in [0.2, 0.25) is 0 Å². The van der Waals surface area contributed by atoms with Crippen LogP contribution in [0.1, 0.15) is 39.5 Å². The summed E-state index contributed by atoms with van der Waals surface area (Å²) in [7, 11) is 0. The second-order valence-corrected chi connectivity index (χ2v) is 9.74. The van der Waals surface area contributed by atoms with Crippen molar-refractivity contribution in [2.24, 2.45) is 0 Å². The molecule has 0 saturated heterocycles. The van der Waals surface area contributed by atoms with E-state index in [1.807, 2.05) is 54.6 Å². The highest BCUT2D eigenvalue weighted by Crippen LogP contribution is 2.32. The van der Waals surface area contributed by atoms with Crippen molar-refractivity contribution in [2.45, 2.75) is 31.3 Å². The minimum Gasteiger partial charge on any atom is -0.480 e. The van der Waals surface area contributed by atoms with E-state index >= 15 is 0 Å². The molecule has 3 aromatic carbocycles. The van der Waals surface area contributed by atoms with E-state index < -0.39 is 23.9 Å². The fourth-order valence-corrected chi connectivity index (χ4v) is 5.03. The number of carbonyl (C=O) groups excluding carboxylic acids is 2. The lowest BCUT2D eigenvalue weighted by atomic mass is 10.1. The highest BCUT2D eigenvalue weighted by atomic mass is 35.5. The summed E-state index contributed by atoms with van der Waals surface area (Å²) >= 11 is 12.7. The molecular weight excluding hydrogens is 527 g/mol. The summed E-state index contributed by atoms with van der Waals surface area (Å²) in [6.45, 7) is 0.236. The van der Waals surface area contributed by atoms with E-state index in [0.29, 0.717) is 12.2 Å². The number of aliphatic carboxylic acids is 1. The van der Waals surface area contributed by atoms with Gasteiger partial charge in [0.15, 0.2) is 0 Å². The highest BCUT2D eigenvalue weighted by Gasteiger charge is 2.27. The average molecular weight is 555 g/mol. The fraction of sp³-hybridized carbons (Fsp3) is 0.250. The Bertz CT molecular complexity index is 1320. The summed E-state index contributed by atoms with van der Waals surface area (Å²) < 4.78 is 0. The maximum Gasteiger partial charge on any atom is 0.328 e. The molecule has 0 bridgehead atoms. The topological polar surface area (TPSA) is 120 Å². The first-order chi connectivity index (χ1) is 18.3. The minimum absolute atomic E-state index is 0.0451. The van der Waals surface area contributed by atoms with Crippen molar-refractivity contribution in [1.29, 1.82) is 0 Å². The smallest absolute Gasteiger partial charge is 0.328 e. The Labute approximate surface area is 230 Å². The van der Waals surface area contributed by atoms with Crippen molar-refractivity contribution >= 4 is 46.8 Å². The number of nitrogens with one attached hydrogen (secondary N) is 4. The molecule has 0 aromatic heterocycles. The van der Waals surface area contributed by atoms with Crippen LogP contribution in [0.5, 0.6) is 0 Å². The zero-order chi connectivity index (χ0) is 27.1. The molecule has 1 aliphatic rings. The Morgan fingerprint density at radius 2 is 1.71 bits per heavy atom. The van der Waals surface area contributed by atoms with Crippen LogP contribution < -0.4 is 21.3 Å². The van der Waals surface area contributed by atoms with Crippen molar-refractivity contribution in [3.8, 4) is 0 Å². The molecule has 10 heteroatoms. The predicted molar refractivity (Wildman–Crippen MR) is 148 cm³/mol. The zero-order valence-corrected chi connectivity index (χ0v) is 22.0. The van der Waals surface area contributed by atoms with Crippen LogP contribution in [0.15, 0.2) is 66.7 Å². The summed E-state index contributed by atoms with van der Waals surface area (Å²) in [6.07, 6.45) is 2.36. The van der Waals surface area contributed by atoms with E-state index in [0.717, 1.165) is 30.4 Å². The molecule has 3 aromatic rings. The molecule has 1 aliphatic carbocycles. The van der Waals surface area contributed by atoms with Crippen LogP contribution in [0.25, 0.3) is 0 Å². The van der Waals surface area contributed by atoms with Gasteiger partial charge in [-0.25, -0.2) is 9.59 Å². The molecule has 8 nitrogen and oxygen atoms in total. The molecule has 0 saturated carbocycles. The Hall–Kier alpha value is -3.75. The molecule has 0 spiro atoms. The second-order valence-electron chi connectivity index (χ2n) is 8.96. The zero-order valence-electron chi connectivity index (χ0n) is 20.5. The number of carboxylic acids is 1. The summed E-state index contributed by atoms with van der Waals surface area (Å²) in [4.78, 5) is 37.3. The third-order valence-corrected chi connectivity index (χ3v) is 7.11. The van der Waals surface area contributed by atoms with E-state index in [-0.39, 0.29) is 28.2 Å². The first-order valence-corrected chi connectivity index (χ1v) is 13.0. The Kier molecular flexibility index (Phi) is 9.10. The largest absolute Gasteiger partial charge is 0.480 e. The summed E-state index contributed by atoms with van der Waals surface area (Å²) in [5.74, 6) is -2.07. The quantitative estimate of drug-likeness (QED) is 0.246. The van der Waals surface area contributed by atoms with E-state index in [4.69, 9.17) is 23.2 Å². The van der Waals surface area contributed by atoms with E-state index in [1.54, 1.807) is 6.07 Å². The molecule has 198 valence electrons. The monoisotopic (exact) mass is 554 g/mol. The molecule has 4 rings (SSSR count). The number of carboxylic acid groups (broad SMARTS) is 1. The van der Waals surface area contributed by atoms with E-state index in [9.17, 15) is 19.5 Å². The molecule has 2 atom stereocenters. The number of hydrogen-bond acceptors (Lipinski definition) is 4. The van der Waals surface area contributed by atoms with E-state index in [1.165, 1.54) is 11.6 Å². The summed E-state index contributed by atoms with van der Waals surface area (Å²) in [5.41, 5.74) is 3.82. The van der Waals surface area contributed by atoms with Gasteiger partial charge in [-0.3, -0.25) is 4.79 Å². The third-order valence-electron chi connectivity index (χ3n) is 6.40. The molecule has 0 heterocycles. The van der Waals surface area contributed by atoms with Gasteiger partial charge < -0.3 is 26.4 Å². The van der Waals surface area contributed by atoms with Gasteiger partial charge in [0.05, 0.1) is 33.9 Å². The van der Waals surface area contributed by atoms with Crippen LogP contribution in [-0.2, 0) is 17.6 Å². The molecule has 3 amide bonds. The maximum atomic E-state index is 13.0. The lowest BCUT2D eigenvalue weighted by Crippen LogP contribution is -2.50. The number of halogens is 2. The van der Waals surface area contributed by atoms with Crippen LogP contribution in [0, 0.1) is 0 Å². The van der Waals surface area contributed by atoms with Crippen molar-refractivity contribution < 1.29 is 19.5 Å². The third kappa shape index (κ3) is 6.76. The maximum absolute atomic E-state index is 13.0. The first-order valence-electron chi connectivity index (χ1n) is 12.2. The number of hydrogen-bond donors (Lipinski definition) is 5. The molecule has 38 heavy (non-hydrogen) atoms. The number of benzene rings is 3. The van der Waals surface area contributed by atoms with Gasteiger partial charge in [-0.1, -0.05) is 77.8 Å². The number of fused-ring (bicyclic) bond motifs is 1. The van der Waals surface area contributed by atoms with Crippen molar-refractivity contribution in [3.63, 3.8) is 0 Å². The Morgan fingerprint density at radius 3 is 2.47 bits per heavy atom. The van der Waals surface area contributed by atoms with Crippen LogP contribution in [0.3, 0.4) is 0 Å². The molecule has 0 unspecified atom stereocenters. The standard InChI is InChI=1S/C28H28Cl2N4O4/c29-20-11-13-22(31-15-14-17-6-2-1-3-7-17)25(30)24(20)26(35)33-23(27(36)37)16-32-28(38)34-21-12-10-18-8-4-5-9-19(18)21/h1-9,11,13,21,23,31H,10,12,14-16H2,(H,33,35)(H,36,37)(H2,32,34,38)/t21-,23+/m1/s1.